The van der Waals surface area contributed by atoms with Crippen LogP contribution >= 0.6 is 0 Å². The molecule has 3 heteroatoms. The Morgan fingerprint density at radius 1 is 1.28 bits per heavy atom. The second-order valence-corrected chi connectivity index (χ2v) is 4.41. The molecule has 3 nitrogen and oxygen atoms in total. The maximum atomic E-state index is 11.6. The normalized spacial score (nSPS) is 12.2. The monoisotopic (exact) mass is 250 g/mol. The third kappa shape index (κ3) is 4.15. The van der Waals surface area contributed by atoms with Gasteiger partial charge in [-0.1, -0.05) is 31.2 Å². The number of aliphatic hydroxyl groups excluding tert-OH is 1. The van der Waals surface area contributed by atoms with Crippen LogP contribution in [-0.4, -0.2) is 24.8 Å². The number of unbranched alkanes of at least 4 members (excludes halogenated alkanes) is 1. The summed E-state index contributed by atoms with van der Waals surface area (Å²) in [4.78, 5) is 11.6. The summed E-state index contributed by atoms with van der Waals surface area (Å²) in [5.41, 5.74) is 2.25. The van der Waals surface area contributed by atoms with E-state index in [1.807, 2.05) is 19.1 Å². The summed E-state index contributed by atoms with van der Waals surface area (Å²) in [7, 11) is 1.42. The summed E-state index contributed by atoms with van der Waals surface area (Å²) in [5, 5.41) is 8.73. The van der Waals surface area contributed by atoms with Gasteiger partial charge in [-0.25, -0.2) is 0 Å². The van der Waals surface area contributed by atoms with Gasteiger partial charge in [0, 0.05) is 6.61 Å². The first kappa shape index (κ1) is 14.7. The Morgan fingerprint density at radius 2 is 1.94 bits per heavy atom. The highest BCUT2D eigenvalue weighted by Crippen LogP contribution is 2.21. The molecule has 1 aromatic rings. The minimum atomic E-state index is -0.175. The number of aliphatic hydroxyl groups is 1. The SMILES string of the molecule is CC[C@@H](C(=O)OC)c1ccc(CCCCO)cc1. The highest BCUT2D eigenvalue weighted by atomic mass is 16.5. The van der Waals surface area contributed by atoms with E-state index in [4.69, 9.17) is 9.84 Å². The fourth-order valence-electron chi connectivity index (χ4n) is 2.04. The molecule has 18 heavy (non-hydrogen) atoms. The highest BCUT2D eigenvalue weighted by Gasteiger charge is 2.18. The molecule has 1 atom stereocenters. The Hall–Kier alpha value is -1.35. The molecule has 0 saturated heterocycles. The van der Waals surface area contributed by atoms with Crippen LogP contribution in [0.5, 0.6) is 0 Å². The minimum absolute atomic E-state index is 0.165. The molecule has 1 N–H and O–H groups in total. The average Bonchev–Trinajstić information content (AvgIpc) is 2.41. The molecule has 0 aliphatic rings. The van der Waals surface area contributed by atoms with Gasteiger partial charge in [-0.15, -0.1) is 0 Å². The van der Waals surface area contributed by atoms with Gasteiger partial charge in [0.1, 0.15) is 0 Å². The van der Waals surface area contributed by atoms with Crippen molar-refractivity contribution in [1.29, 1.82) is 0 Å². The summed E-state index contributed by atoms with van der Waals surface area (Å²) in [6.45, 7) is 2.23. The molecule has 0 spiro atoms. The first-order valence-corrected chi connectivity index (χ1v) is 6.50. The number of aryl methyl sites for hydroxylation is 1. The predicted octanol–water partition coefficient (Wildman–Crippen LogP) is 2.67. The molecule has 0 aliphatic carbocycles. The Kier molecular flexibility index (Phi) is 6.44. The van der Waals surface area contributed by atoms with Crippen molar-refractivity contribution >= 4 is 5.97 Å². The van der Waals surface area contributed by atoms with E-state index in [0.29, 0.717) is 0 Å². The zero-order chi connectivity index (χ0) is 13.4. The fraction of sp³-hybridized carbons (Fsp3) is 0.533. The van der Waals surface area contributed by atoms with Crippen molar-refractivity contribution < 1.29 is 14.6 Å². The maximum absolute atomic E-state index is 11.6. The zero-order valence-electron chi connectivity index (χ0n) is 11.2. The van der Waals surface area contributed by atoms with Crippen molar-refractivity contribution in [1.82, 2.24) is 0 Å². The predicted molar refractivity (Wildman–Crippen MR) is 71.5 cm³/mol. The average molecular weight is 250 g/mol. The lowest BCUT2D eigenvalue weighted by Gasteiger charge is -2.13. The number of carbonyl (C=O) groups excluding carboxylic acids is 1. The quantitative estimate of drug-likeness (QED) is 0.598. The van der Waals surface area contributed by atoms with E-state index in [1.165, 1.54) is 12.7 Å². The lowest BCUT2D eigenvalue weighted by Crippen LogP contribution is -2.13. The van der Waals surface area contributed by atoms with Gasteiger partial charge in [-0.05, 0) is 36.8 Å². The van der Waals surface area contributed by atoms with Gasteiger partial charge in [0.25, 0.3) is 0 Å². The number of esters is 1. The number of carbonyl (C=O) groups is 1. The number of rotatable bonds is 7. The van der Waals surface area contributed by atoms with E-state index in [0.717, 1.165) is 31.2 Å². The van der Waals surface area contributed by atoms with Crippen molar-refractivity contribution in [3.05, 3.63) is 35.4 Å². The van der Waals surface area contributed by atoms with Crippen LogP contribution in [0.25, 0.3) is 0 Å². The third-order valence-electron chi connectivity index (χ3n) is 3.15. The Morgan fingerprint density at radius 3 is 2.44 bits per heavy atom. The van der Waals surface area contributed by atoms with Crippen LogP contribution in [0.3, 0.4) is 0 Å². The van der Waals surface area contributed by atoms with Gasteiger partial charge < -0.3 is 9.84 Å². The summed E-state index contributed by atoms with van der Waals surface area (Å²) < 4.78 is 4.80. The van der Waals surface area contributed by atoms with E-state index in [-0.39, 0.29) is 18.5 Å². The largest absolute Gasteiger partial charge is 0.469 e. The van der Waals surface area contributed by atoms with E-state index in [2.05, 4.69) is 12.1 Å². The Balaban J connectivity index is 2.65. The number of ether oxygens (including phenoxy) is 1. The van der Waals surface area contributed by atoms with Gasteiger partial charge in [-0.3, -0.25) is 4.79 Å². The third-order valence-corrected chi connectivity index (χ3v) is 3.15. The van der Waals surface area contributed by atoms with E-state index >= 15 is 0 Å². The Bertz CT molecular complexity index is 357. The van der Waals surface area contributed by atoms with Crippen LogP contribution in [0.1, 0.15) is 43.2 Å². The van der Waals surface area contributed by atoms with Crippen LogP contribution in [-0.2, 0) is 16.0 Å². The molecule has 0 bridgehead atoms. The summed E-state index contributed by atoms with van der Waals surface area (Å²) in [5.74, 6) is -0.341. The molecule has 0 unspecified atom stereocenters. The fourth-order valence-corrected chi connectivity index (χ4v) is 2.04. The Labute approximate surface area is 109 Å². The molecule has 100 valence electrons. The molecule has 1 rings (SSSR count). The second kappa shape index (κ2) is 7.88. The van der Waals surface area contributed by atoms with Gasteiger partial charge in [0.05, 0.1) is 13.0 Å². The molecule has 0 amide bonds. The first-order valence-electron chi connectivity index (χ1n) is 6.50. The highest BCUT2D eigenvalue weighted by molar-refractivity contribution is 5.77. The van der Waals surface area contributed by atoms with E-state index < -0.39 is 0 Å². The molecule has 0 fully saturated rings. The molecular weight excluding hydrogens is 228 g/mol. The van der Waals surface area contributed by atoms with Crippen LogP contribution in [0.4, 0.5) is 0 Å². The number of hydrogen-bond acceptors (Lipinski definition) is 3. The topological polar surface area (TPSA) is 46.5 Å². The van der Waals surface area contributed by atoms with Gasteiger partial charge >= 0.3 is 5.97 Å². The van der Waals surface area contributed by atoms with E-state index in [1.54, 1.807) is 0 Å². The molecular formula is C15H22O3. The number of benzene rings is 1. The van der Waals surface area contributed by atoms with Crippen LogP contribution in [0.2, 0.25) is 0 Å². The summed E-state index contributed by atoms with van der Waals surface area (Å²) in [6, 6.07) is 8.11. The van der Waals surface area contributed by atoms with Crippen LogP contribution < -0.4 is 0 Å². The lowest BCUT2D eigenvalue weighted by atomic mass is 9.95. The zero-order valence-corrected chi connectivity index (χ0v) is 11.2. The van der Waals surface area contributed by atoms with Crippen molar-refractivity contribution in [2.45, 2.75) is 38.5 Å². The molecule has 1 aromatic carbocycles. The molecule has 0 aliphatic heterocycles. The maximum Gasteiger partial charge on any atom is 0.313 e. The lowest BCUT2D eigenvalue weighted by molar-refractivity contribution is -0.142. The molecule has 0 saturated carbocycles. The molecule has 0 heterocycles. The standard InChI is InChI=1S/C15H22O3/c1-3-14(15(17)18-2)13-9-7-12(8-10-13)6-4-5-11-16/h7-10,14,16H,3-6,11H2,1-2H3/t14-/m1/s1. The molecule has 0 radical (unpaired) electrons. The number of methoxy groups -OCH3 is 1. The van der Waals surface area contributed by atoms with Crippen LogP contribution in [0.15, 0.2) is 24.3 Å². The smallest absolute Gasteiger partial charge is 0.313 e. The minimum Gasteiger partial charge on any atom is -0.469 e. The van der Waals surface area contributed by atoms with E-state index in [9.17, 15) is 4.79 Å². The van der Waals surface area contributed by atoms with Crippen molar-refractivity contribution in [3.63, 3.8) is 0 Å². The van der Waals surface area contributed by atoms with Crippen molar-refractivity contribution in [2.75, 3.05) is 13.7 Å². The van der Waals surface area contributed by atoms with Gasteiger partial charge in [0.15, 0.2) is 0 Å². The number of hydrogen-bond donors (Lipinski definition) is 1. The summed E-state index contributed by atoms with van der Waals surface area (Å²) >= 11 is 0. The summed E-state index contributed by atoms with van der Waals surface area (Å²) in [6.07, 6.45) is 3.54. The van der Waals surface area contributed by atoms with Gasteiger partial charge in [-0.2, -0.15) is 0 Å². The van der Waals surface area contributed by atoms with Crippen molar-refractivity contribution in [3.8, 4) is 0 Å². The molecule has 0 aromatic heterocycles. The van der Waals surface area contributed by atoms with Crippen molar-refractivity contribution in [2.24, 2.45) is 0 Å². The van der Waals surface area contributed by atoms with Crippen LogP contribution in [0, 0.1) is 0 Å². The van der Waals surface area contributed by atoms with Gasteiger partial charge in [0.2, 0.25) is 0 Å². The second-order valence-electron chi connectivity index (χ2n) is 4.41. The first-order chi connectivity index (χ1) is 8.72.